The highest BCUT2D eigenvalue weighted by Gasteiger charge is 2.15. The van der Waals surface area contributed by atoms with E-state index in [4.69, 9.17) is 5.11 Å². The van der Waals surface area contributed by atoms with Gasteiger partial charge >= 0.3 is 5.97 Å². The molecule has 1 aliphatic heterocycles. The number of hydrogen-bond donors (Lipinski definition) is 2. The first-order valence-electron chi connectivity index (χ1n) is 6.36. The van der Waals surface area contributed by atoms with Crippen molar-refractivity contribution in [1.82, 2.24) is 4.90 Å². The molecule has 2 N–H and O–H groups in total. The Labute approximate surface area is 112 Å². The number of aryl methyl sites for hydroxylation is 1. The van der Waals surface area contributed by atoms with Crippen molar-refractivity contribution in [2.75, 3.05) is 18.9 Å². The van der Waals surface area contributed by atoms with Gasteiger partial charge in [0.05, 0.1) is 6.42 Å². The maximum atomic E-state index is 11.3. The number of hydrogen-bond acceptors (Lipinski definition) is 3. The third kappa shape index (κ3) is 3.79. The molecule has 0 radical (unpaired) electrons. The molecule has 1 aliphatic rings. The van der Waals surface area contributed by atoms with Crippen LogP contribution < -0.4 is 5.32 Å². The third-order valence-corrected chi connectivity index (χ3v) is 3.23. The fourth-order valence-corrected chi connectivity index (χ4v) is 2.21. The van der Waals surface area contributed by atoms with Gasteiger partial charge < -0.3 is 15.3 Å². The van der Waals surface area contributed by atoms with Crippen LogP contribution in [0.4, 0.5) is 5.69 Å². The van der Waals surface area contributed by atoms with Crippen LogP contribution in [0.5, 0.6) is 0 Å². The normalized spacial score (nSPS) is 14.1. The van der Waals surface area contributed by atoms with Gasteiger partial charge in [-0.2, -0.15) is 0 Å². The molecule has 0 saturated heterocycles. The molecule has 0 aromatic heterocycles. The summed E-state index contributed by atoms with van der Waals surface area (Å²) in [5.41, 5.74) is 3.19. The molecule has 2 rings (SSSR count). The summed E-state index contributed by atoms with van der Waals surface area (Å²) in [7, 11) is 1.91. The molecule has 0 saturated carbocycles. The van der Waals surface area contributed by atoms with Gasteiger partial charge in [0.25, 0.3) is 0 Å². The van der Waals surface area contributed by atoms with Crippen molar-refractivity contribution in [3.05, 3.63) is 29.3 Å². The Bertz CT molecular complexity index is 499. The zero-order valence-electron chi connectivity index (χ0n) is 11.0. The summed E-state index contributed by atoms with van der Waals surface area (Å²) in [6.07, 6.45) is 1.46. The largest absolute Gasteiger partial charge is 0.481 e. The quantitative estimate of drug-likeness (QED) is 0.843. The van der Waals surface area contributed by atoms with Gasteiger partial charge in [-0.25, -0.2) is 0 Å². The van der Waals surface area contributed by atoms with Crippen molar-refractivity contribution < 1.29 is 14.7 Å². The summed E-state index contributed by atoms with van der Waals surface area (Å²) < 4.78 is 0. The van der Waals surface area contributed by atoms with Gasteiger partial charge in [0.15, 0.2) is 0 Å². The summed E-state index contributed by atoms with van der Waals surface area (Å²) in [5, 5.41) is 11.5. The lowest BCUT2D eigenvalue weighted by Crippen LogP contribution is -2.22. The van der Waals surface area contributed by atoms with Crippen LogP contribution in [0.1, 0.15) is 24.0 Å². The smallest absolute Gasteiger partial charge is 0.304 e. The van der Waals surface area contributed by atoms with E-state index in [1.807, 2.05) is 24.1 Å². The van der Waals surface area contributed by atoms with Crippen LogP contribution in [0.25, 0.3) is 0 Å². The molecule has 0 aliphatic carbocycles. The fourth-order valence-electron chi connectivity index (χ4n) is 2.21. The third-order valence-electron chi connectivity index (χ3n) is 3.23. The minimum Gasteiger partial charge on any atom is -0.481 e. The minimum absolute atomic E-state index is 0.0684. The van der Waals surface area contributed by atoms with E-state index in [2.05, 4.69) is 11.4 Å². The number of fused-ring (bicyclic) bond motifs is 1. The van der Waals surface area contributed by atoms with Crippen molar-refractivity contribution in [2.24, 2.45) is 0 Å². The maximum Gasteiger partial charge on any atom is 0.304 e. The number of amides is 1. The van der Waals surface area contributed by atoms with Gasteiger partial charge in [0, 0.05) is 25.2 Å². The second kappa shape index (κ2) is 5.84. The summed E-state index contributed by atoms with van der Waals surface area (Å²) in [5.74, 6) is -0.709. The van der Waals surface area contributed by atoms with E-state index >= 15 is 0 Å². The van der Waals surface area contributed by atoms with Crippen LogP contribution in [0, 0.1) is 0 Å². The molecule has 5 nitrogen and oxygen atoms in total. The molecule has 0 spiro atoms. The maximum absolute atomic E-state index is 11.3. The molecule has 19 heavy (non-hydrogen) atoms. The Hall–Kier alpha value is -1.88. The standard InChI is InChI=1S/C14H18N2O3/c1-16(7-6-14(18)19)9-10-2-4-12-11(8-10)3-5-13(17)15-12/h2,4,8H,3,5-7,9H2,1H3,(H,15,17)(H,18,19). The number of nitrogens with zero attached hydrogens (tertiary/aromatic N) is 1. The molecule has 0 atom stereocenters. The fraction of sp³-hybridized carbons (Fsp3) is 0.429. The number of aliphatic carboxylic acids is 1. The molecular weight excluding hydrogens is 244 g/mol. The van der Waals surface area contributed by atoms with Crippen molar-refractivity contribution in [3.8, 4) is 0 Å². The van der Waals surface area contributed by atoms with Crippen LogP contribution in [0.2, 0.25) is 0 Å². The molecule has 0 unspecified atom stereocenters. The summed E-state index contributed by atoms with van der Waals surface area (Å²) >= 11 is 0. The predicted octanol–water partition coefficient (Wildman–Crippen LogP) is 1.48. The van der Waals surface area contributed by atoms with Crippen molar-refractivity contribution >= 4 is 17.6 Å². The number of nitrogens with one attached hydrogen (secondary N) is 1. The molecule has 1 aromatic carbocycles. The highest BCUT2D eigenvalue weighted by molar-refractivity contribution is 5.93. The van der Waals surface area contributed by atoms with E-state index in [1.54, 1.807) is 0 Å². The van der Waals surface area contributed by atoms with E-state index < -0.39 is 5.97 Å². The second-order valence-electron chi connectivity index (χ2n) is 4.92. The van der Waals surface area contributed by atoms with Gasteiger partial charge in [0.1, 0.15) is 0 Å². The monoisotopic (exact) mass is 262 g/mol. The lowest BCUT2D eigenvalue weighted by atomic mass is 10.0. The number of carbonyl (C=O) groups excluding carboxylic acids is 1. The van der Waals surface area contributed by atoms with E-state index in [-0.39, 0.29) is 12.3 Å². The Morgan fingerprint density at radius 3 is 2.95 bits per heavy atom. The molecule has 0 bridgehead atoms. The summed E-state index contributed by atoms with van der Waals surface area (Å²) in [6.45, 7) is 1.25. The number of anilines is 1. The van der Waals surface area contributed by atoms with Crippen molar-refractivity contribution in [3.63, 3.8) is 0 Å². The number of carboxylic acid groups (broad SMARTS) is 1. The summed E-state index contributed by atoms with van der Waals surface area (Å²) in [6, 6.07) is 5.99. The van der Waals surface area contributed by atoms with Gasteiger partial charge in [-0.05, 0) is 30.7 Å². The average molecular weight is 262 g/mol. The van der Waals surface area contributed by atoms with E-state index in [1.165, 1.54) is 0 Å². The molecule has 102 valence electrons. The first kappa shape index (κ1) is 13.5. The topological polar surface area (TPSA) is 69.6 Å². The van der Waals surface area contributed by atoms with Crippen molar-refractivity contribution in [2.45, 2.75) is 25.8 Å². The zero-order chi connectivity index (χ0) is 13.8. The van der Waals surface area contributed by atoms with Gasteiger partial charge in [-0.1, -0.05) is 12.1 Å². The van der Waals surface area contributed by atoms with Crippen LogP contribution in [-0.4, -0.2) is 35.5 Å². The van der Waals surface area contributed by atoms with E-state index in [0.717, 1.165) is 23.2 Å². The Kier molecular flexibility index (Phi) is 4.16. The zero-order valence-corrected chi connectivity index (χ0v) is 11.0. The highest BCUT2D eigenvalue weighted by Crippen LogP contribution is 2.23. The first-order valence-corrected chi connectivity index (χ1v) is 6.36. The lowest BCUT2D eigenvalue weighted by molar-refractivity contribution is -0.137. The summed E-state index contributed by atoms with van der Waals surface area (Å²) in [4.78, 5) is 23.8. The van der Waals surface area contributed by atoms with Crippen molar-refractivity contribution in [1.29, 1.82) is 0 Å². The van der Waals surface area contributed by atoms with Crippen LogP contribution in [0.15, 0.2) is 18.2 Å². The number of carboxylic acids is 1. The SMILES string of the molecule is CN(CCC(=O)O)Cc1ccc2c(c1)CCC(=O)N2. The molecule has 1 aromatic rings. The Morgan fingerprint density at radius 1 is 1.42 bits per heavy atom. The molecule has 1 heterocycles. The molecule has 5 heteroatoms. The average Bonchev–Trinajstić information content (AvgIpc) is 2.36. The van der Waals surface area contributed by atoms with Gasteiger partial charge in [-0.15, -0.1) is 0 Å². The number of benzene rings is 1. The number of carbonyl (C=O) groups is 2. The molecular formula is C14H18N2O3. The molecule has 0 fully saturated rings. The van der Waals surface area contributed by atoms with E-state index in [9.17, 15) is 9.59 Å². The van der Waals surface area contributed by atoms with Gasteiger partial charge in [0.2, 0.25) is 5.91 Å². The van der Waals surface area contributed by atoms with Crippen LogP contribution in [0.3, 0.4) is 0 Å². The highest BCUT2D eigenvalue weighted by atomic mass is 16.4. The Morgan fingerprint density at radius 2 is 2.21 bits per heavy atom. The second-order valence-corrected chi connectivity index (χ2v) is 4.92. The molecule has 1 amide bonds. The number of rotatable bonds is 5. The van der Waals surface area contributed by atoms with Crippen LogP contribution >= 0.6 is 0 Å². The first-order chi connectivity index (χ1) is 9.04. The van der Waals surface area contributed by atoms with Crippen LogP contribution in [-0.2, 0) is 22.6 Å². The Balaban J connectivity index is 1.98. The lowest BCUT2D eigenvalue weighted by Gasteiger charge is -2.20. The van der Waals surface area contributed by atoms with Gasteiger partial charge in [-0.3, -0.25) is 9.59 Å². The predicted molar refractivity (Wildman–Crippen MR) is 72.0 cm³/mol. The minimum atomic E-state index is -0.778. The van der Waals surface area contributed by atoms with E-state index in [0.29, 0.717) is 19.5 Å².